The number of nitrogens with one attached hydrogen (secondary N) is 1. The molecule has 0 spiro atoms. The van der Waals surface area contributed by atoms with Gasteiger partial charge in [0.25, 0.3) is 0 Å². The maximum atomic E-state index is 5.32. The Bertz CT molecular complexity index is 613. The molecule has 2 aromatic heterocycles. The molecular weight excluding hydrogens is 282 g/mol. The summed E-state index contributed by atoms with van der Waals surface area (Å²) in [5.41, 5.74) is -0.248. The lowest BCUT2D eigenvalue weighted by atomic mass is 9.81. The zero-order valence-corrected chi connectivity index (χ0v) is 13.4. The summed E-state index contributed by atoms with van der Waals surface area (Å²) in [4.78, 5) is 8.86. The molecule has 1 saturated carbocycles. The summed E-state index contributed by atoms with van der Waals surface area (Å²) in [7, 11) is 0. The molecule has 1 aliphatic carbocycles. The molecule has 0 atom stereocenters. The minimum atomic E-state index is -0.248. The second-order valence-electron chi connectivity index (χ2n) is 6.33. The van der Waals surface area contributed by atoms with E-state index < -0.39 is 0 Å². The van der Waals surface area contributed by atoms with E-state index in [1.54, 1.807) is 0 Å². The Labute approximate surface area is 129 Å². The van der Waals surface area contributed by atoms with Crippen molar-refractivity contribution in [3.63, 3.8) is 0 Å². The number of aryl methyl sites for hydroxylation is 1. The van der Waals surface area contributed by atoms with Gasteiger partial charge in [-0.05, 0) is 12.8 Å². The molecule has 0 unspecified atom stereocenters. The van der Waals surface area contributed by atoms with E-state index in [9.17, 15) is 0 Å². The van der Waals surface area contributed by atoms with Gasteiger partial charge in [-0.2, -0.15) is 9.97 Å². The van der Waals surface area contributed by atoms with Crippen molar-refractivity contribution in [1.29, 1.82) is 0 Å². The van der Waals surface area contributed by atoms with E-state index in [1.807, 2.05) is 20.8 Å². The highest BCUT2D eigenvalue weighted by Crippen LogP contribution is 2.35. The van der Waals surface area contributed by atoms with Gasteiger partial charge in [0.15, 0.2) is 11.6 Å². The van der Waals surface area contributed by atoms with Crippen LogP contribution in [0.3, 0.4) is 0 Å². The molecule has 7 nitrogen and oxygen atoms in total. The third-order valence-electron chi connectivity index (χ3n) is 4.24. The summed E-state index contributed by atoms with van der Waals surface area (Å²) in [6.45, 7) is 6.44. The zero-order chi connectivity index (χ0) is 15.6. The molecule has 1 fully saturated rings. The lowest BCUT2D eigenvalue weighted by Gasteiger charge is -2.35. The largest absolute Gasteiger partial charge is 0.340 e. The maximum Gasteiger partial charge on any atom is 0.240 e. The molecule has 0 saturated heterocycles. The first-order chi connectivity index (χ1) is 10.6. The summed E-state index contributed by atoms with van der Waals surface area (Å²) in [6, 6.07) is 0. The zero-order valence-electron chi connectivity index (χ0n) is 13.4. The molecule has 3 rings (SSSR count). The van der Waals surface area contributed by atoms with Crippen molar-refractivity contribution < 1.29 is 9.05 Å². The number of hydrogen-bond acceptors (Lipinski definition) is 7. The summed E-state index contributed by atoms with van der Waals surface area (Å²) < 4.78 is 10.5. The second kappa shape index (κ2) is 6.16. The molecule has 7 heteroatoms. The summed E-state index contributed by atoms with van der Waals surface area (Å²) >= 11 is 0. The average molecular weight is 305 g/mol. The van der Waals surface area contributed by atoms with Crippen molar-refractivity contribution in [3.05, 3.63) is 23.4 Å². The molecule has 120 valence electrons. The van der Waals surface area contributed by atoms with Crippen LogP contribution in [0.25, 0.3) is 0 Å². The smallest absolute Gasteiger partial charge is 0.240 e. The minimum absolute atomic E-state index is 0.248. The van der Waals surface area contributed by atoms with Crippen LogP contribution in [0.2, 0.25) is 0 Å². The molecule has 2 heterocycles. The fourth-order valence-corrected chi connectivity index (χ4v) is 2.95. The van der Waals surface area contributed by atoms with Crippen LogP contribution in [-0.4, -0.2) is 20.3 Å². The summed E-state index contributed by atoms with van der Waals surface area (Å²) in [5.74, 6) is 2.95. The lowest BCUT2D eigenvalue weighted by molar-refractivity contribution is 0.201. The lowest BCUT2D eigenvalue weighted by Crippen LogP contribution is -2.44. The number of hydrogen-bond donors (Lipinski definition) is 1. The first-order valence-electron chi connectivity index (χ1n) is 7.97. The van der Waals surface area contributed by atoms with E-state index in [2.05, 4.69) is 25.6 Å². The number of aromatic nitrogens is 4. The van der Waals surface area contributed by atoms with Crippen molar-refractivity contribution in [1.82, 2.24) is 25.6 Å². The van der Waals surface area contributed by atoms with Crippen LogP contribution in [0.5, 0.6) is 0 Å². The Balaban J connectivity index is 1.75. The number of rotatable bonds is 5. The molecule has 1 aliphatic rings. The molecule has 0 aromatic carbocycles. The van der Waals surface area contributed by atoms with Crippen LogP contribution in [-0.2, 0) is 12.1 Å². The predicted molar refractivity (Wildman–Crippen MR) is 79.0 cm³/mol. The van der Waals surface area contributed by atoms with Gasteiger partial charge in [-0.3, -0.25) is 5.32 Å². The average Bonchev–Trinajstić information content (AvgIpc) is 3.15. The van der Waals surface area contributed by atoms with Gasteiger partial charge in [-0.15, -0.1) is 0 Å². The molecule has 0 bridgehead atoms. The van der Waals surface area contributed by atoms with Gasteiger partial charge in [0.2, 0.25) is 11.8 Å². The van der Waals surface area contributed by atoms with Crippen LogP contribution in [0.4, 0.5) is 0 Å². The van der Waals surface area contributed by atoms with Crippen molar-refractivity contribution in [2.24, 2.45) is 0 Å². The molecule has 0 aliphatic heterocycles. The van der Waals surface area contributed by atoms with Crippen LogP contribution in [0, 0.1) is 6.92 Å². The van der Waals surface area contributed by atoms with Gasteiger partial charge >= 0.3 is 0 Å². The third kappa shape index (κ3) is 3.04. The fraction of sp³-hybridized carbons (Fsp3) is 0.733. The van der Waals surface area contributed by atoms with Gasteiger partial charge in [0.1, 0.15) is 0 Å². The van der Waals surface area contributed by atoms with Crippen molar-refractivity contribution in [2.45, 2.75) is 70.9 Å². The molecule has 0 radical (unpaired) electrons. The van der Waals surface area contributed by atoms with Gasteiger partial charge < -0.3 is 9.05 Å². The van der Waals surface area contributed by atoms with Crippen molar-refractivity contribution in [3.8, 4) is 0 Å². The van der Waals surface area contributed by atoms with Gasteiger partial charge in [0, 0.05) is 12.8 Å². The Hall–Kier alpha value is -1.76. The van der Waals surface area contributed by atoms with E-state index in [0.29, 0.717) is 18.3 Å². The standard InChI is InChI=1S/C15H23N5O2/c1-10(2)13-18-12(22-19-13)9-16-15(7-5-4-6-8-15)14-17-11(3)21-20-14/h10,16H,4-9H2,1-3H3. The second-order valence-corrected chi connectivity index (χ2v) is 6.33. The molecule has 0 amide bonds. The van der Waals surface area contributed by atoms with Gasteiger partial charge in [-0.1, -0.05) is 43.4 Å². The van der Waals surface area contributed by atoms with Crippen LogP contribution in [0.15, 0.2) is 9.05 Å². The van der Waals surface area contributed by atoms with E-state index in [4.69, 9.17) is 9.05 Å². The Kier molecular flexibility index (Phi) is 4.24. The molecule has 2 aromatic rings. The van der Waals surface area contributed by atoms with Gasteiger partial charge in [0.05, 0.1) is 12.1 Å². The highest BCUT2D eigenvalue weighted by molar-refractivity contribution is 5.07. The monoisotopic (exact) mass is 305 g/mol. The van der Waals surface area contributed by atoms with E-state index in [-0.39, 0.29) is 11.5 Å². The quantitative estimate of drug-likeness (QED) is 0.908. The van der Waals surface area contributed by atoms with E-state index in [0.717, 1.165) is 37.3 Å². The SMILES string of the molecule is Cc1nc(C2(NCc3nc(C(C)C)no3)CCCCC2)no1. The maximum absolute atomic E-state index is 5.32. The highest BCUT2D eigenvalue weighted by Gasteiger charge is 2.38. The van der Waals surface area contributed by atoms with Crippen LogP contribution < -0.4 is 5.32 Å². The summed E-state index contributed by atoms with van der Waals surface area (Å²) in [6.07, 6.45) is 5.55. The fourth-order valence-electron chi connectivity index (χ4n) is 2.95. The van der Waals surface area contributed by atoms with Gasteiger partial charge in [-0.25, -0.2) is 0 Å². The Morgan fingerprint density at radius 2 is 1.86 bits per heavy atom. The Morgan fingerprint density at radius 1 is 1.09 bits per heavy atom. The van der Waals surface area contributed by atoms with Crippen molar-refractivity contribution in [2.75, 3.05) is 0 Å². The van der Waals surface area contributed by atoms with E-state index in [1.165, 1.54) is 6.42 Å². The highest BCUT2D eigenvalue weighted by atomic mass is 16.5. The molecule has 1 N–H and O–H groups in total. The topological polar surface area (TPSA) is 89.9 Å². The Morgan fingerprint density at radius 3 is 2.45 bits per heavy atom. The summed E-state index contributed by atoms with van der Waals surface area (Å²) in [5, 5.41) is 11.7. The molecular formula is C15H23N5O2. The van der Waals surface area contributed by atoms with Crippen LogP contribution >= 0.6 is 0 Å². The first-order valence-corrected chi connectivity index (χ1v) is 7.97. The third-order valence-corrected chi connectivity index (χ3v) is 4.24. The predicted octanol–water partition coefficient (Wildman–Crippen LogP) is 2.83. The minimum Gasteiger partial charge on any atom is -0.340 e. The first kappa shape index (κ1) is 15.1. The van der Waals surface area contributed by atoms with Crippen LogP contribution in [0.1, 0.15) is 75.3 Å². The van der Waals surface area contributed by atoms with Crippen molar-refractivity contribution >= 4 is 0 Å². The number of nitrogens with zero attached hydrogens (tertiary/aromatic N) is 4. The normalized spacial score (nSPS) is 18.0. The molecule has 22 heavy (non-hydrogen) atoms. The van der Waals surface area contributed by atoms with E-state index >= 15 is 0 Å².